The van der Waals surface area contributed by atoms with Crippen molar-refractivity contribution in [2.45, 2.75) is 32.1 Å². The van der Waals surface area contributed by atoms with Crippen LogP contribution in [0, 0.1) is 17.8 Å². The van der Waals surface area contributed by atoms with Crippen molar-refractivity contribution in [2.24, 2.45) is 17.8 Å². The topological polar surface area (TPSA) is 98.2 Å². The molecule has 1 amide bonds. The van der Waals surface area contributed by atoms with Crippen molar-refractivity contribution < 1.29 is 19.1 Å². The number of esters is 1. The van der Waals surface area contributed by atoms with Crippen LogP contribution in [-0.4, -0.2) is 33.0 Å². The maximum absolute atomic E-state index is 12.3. The Hall–Kier alpha value is -2.35. The number of hydrogen-bond acceptors (Lipinski definition) is 7. The van der Waals surface area contributed by atoms with Gasteiger partial charge in [0.05, 0.1) is 23.3 Å². The minimum Gasteiger partial charge on any atom is -0.455 e. The van der Waals surface area contributed by atoms with Crippen LogP contribution in [0.1, 0.15) is 32.1 Å². The largest absolute Gasteiger partial charge is 0.455 e. The first-order valence-electron chi connectivity index (χ1n) is 8.83. The fourth-order valence-corrected chi connectivity index (χ4v) is 4.57. The smallest absolute Gasteiger partial charge is 0.309 e. The summed E-state index contributed by atoms with van der Waals surface area (Å²) in [5.74, 6) is -0.777. The number of hydrogen-bond donors (Lipinski definition) is 1. The minimum atomic E-state index is -0.411. The number of carbonyl (C=O) groups excluding carboxylic acids is 3. The van der Waals surface area contributed by atoms with E-state index >= 15 is 0 Å². The molecule has 1 heterocycles. The van der Waals surface area contributed by atoms with Crippen molar-refractivity contribution in [3.05, 3.63) is 18.2 Å². The van der Waals surface area contributed by atoms with Crippen LogP contribution in [0.25, 0.3) is 11.0 Å². The van der Waals surface area contributed by atoms with Gasteiger partial charge in [-0.2, -0.15) is 8.75 Å². The van der Waals surface area contributed by atoms with Gasteiger partial charge in [0, 0.05) is 11.8 Å². The zero-order chi connectivity index (χ0) is 18.1. The van der Waals surface area contributed by atoms with Crippen LogP contribution >= 0.6 is 11.7 Å². The Bertz CT molecular complexity index is 849. The van der Waals surface area contributed by atoms with E-state index in [2.05, 4.69) is 14.1 Å². The highest BCUT2D eigenvalue weighted by atomic mass is 32.1. The third kappa shape index (κ3) is 3.33. The van der Waals surface area contributed by atoms with E-state index in [0.29, 0.717) is 35.3 Å². The highest BCUT2D eigenvalue weighted by Gasteiger charge is 2.41. The summed E-state index contributed by atoms with van der Waals surface area (Å²) in [5.41, 5.74) is 1.88. The predicted molar refractivity (Wildman–Crippen MR) is 95.6 cm³/mol. The molecule has 2 unspecified atom stereocenters. The van der Waals surface area contributed by atoms with Crippen molar-refractivity contribution in [1.29, 1.82) is 0 Å². The van der Waals surface area contributed by atoms with Crippen molar-refractivity contribution in [2.75, 3.05) is 11.9 Å². The molecule has 136 valence electrons. The fraction of sp³-hybridized carbons (Fsp3) is 0.500. The molecule has 0 aliphatic heterocycles. The van der Waals surface area contributed by atoms with E-state index in [4.69, 9.17) is 4.74 Å². The Morgan fingerprint density at radius 2 is 1.96 bits per heavy atom. The van der Waals surface area contributed by atoms with Crippen molar-refractivity contribution >= 4 is 46.1 Å². The summed E-state index contributed by atoms with van der Waals surface area (Å²) in [5, 5.41) is 2.71. The summed E-state index contributed by atoms with van der Waals surface area (Å²) in [4.78, 5) is 36.6. The molecule has 2 aliphatic rings. The second-order valence-corrected chi connectivity index (χ2v) is 7.52. The molecule has 0 radical (unpaired) electrons. The Balaban J connectivity index is 1.32. The summed E-state index contributed by atoms with van der Waals surface area (Å²) >= 11 is 1.08. The molecule has 2 fully saturated rings. The van der Waals surface area contributed by atoms with Gasteiger partial charge in [-0.05, 0) is 37.8 Å². The summed E-state index contributed by atoms with van der Waals surface area (Å²) in [6, 6.07) is 5.33. The highest BCUT2D eigenvalue weighted by Crippen LogP contribution is 2.40. The summed E-state index contributed by atoms with van der Waals surface area (Å²) in [7, 11) is 0. The van der Waals surface area contributed by atoms with Gasteiger partial charge in [0.1, 0.15) is 16.8 Å². The zero-order valence-electron chi connectivity index (χ0n) is 14.1. The second-order valence-electron chi connectivity index (χ2n) is 6.99. The van der Waals surface area contributed by atoms with Gasteiger partial charge in [-0.25, -0.2) is 0 Å². The van der Waals surface area contributed by atoms with E-state index < -0.39 is 5.91 Å². The Morgan fingerprint density at radius 1 is 1.19 bits per heavy atom. The van der Waals surface area contributed by atoms with Gasteiger partial charge in [-0.15, -0.1) is 0 Å². The van der Waals surface area contributed by atoms with E-state index in [9.17, 15) is 14.4 Å². The van der Waals surface area contributed by atoms with Crippen LogP contribution in [0.2, 0.25) is 0 Å². The number of benzene rings is 1. The molecule has 1 N–H and O–H groups in total. The van der Waals surface area contributed by atoms with Gasteiger partial charge in [0.15, 0.2) is 6.61 Å². The molecule has 2 aliphatic carbocycles. The van der Waals surface area contributed by atoms with Crippen LogP contribution in [0.3, 0.4) is 0 Å². The third-order valence-corrected chi connectivity index (χ3v) is 5.83. The van der Waals surface area contributed by atoms with Crippen LogP contribution in [0.4, 0.5) is 5.69 Å². The van der Waals surface area contributed by atoms with Crippen LogP contribution in [0.15, 0.2) is 18.2 Å². The molecule has 2 bridgehead atoms. The zero-order valence-corrected chi connectivity index (χ0v) is 15.0. The molecular weight excluding hydrogens is 354 g/mol. The van der Waals surface area contributed by atoms with Crippen LogP contribution in [0.5, 0.6) is 0 Å². The number of fused-ring (bicyclic) bond motifs is 3. The molecule has 2 aromatic rings. The number of aromatic nitrogens is 2. The fourth-order valence-electron chi connectivity index (χ4n) is 4.02. The first-order chi connectivity index (χ1) is 12.6. The van der Waals surface area contributed by atoms with Gasteiger partial charge in [-0.1, -0.05) is 12.5 Å². The Labute approximate surface area is 154 Å². The van der Waals surface area contributed by atoms with E-state index in [0.717, 1.165) is 31.0 Å². The number of Topliss-reactive ketones (excluding diaryl/α,β-unsaturated/α-hetero) is 1. The number of rotatable bonds is 4. The molecule has 0 saturated heterocycles. The molecule has 26 heavy (non-hydrogen) atoms. The minimum absolute atomic E-state index is 0.0105. The predicted octanol–water partition coefficient (Wildman–Crippen LogP) is 2.57. The average molecular weight is 373 g/mol. The van der Waals surface area contributed by atoms with E-state index in [1.807, 2.05) is 6.07 Å². The molecule has 4 rings (SSSR count). The Kier molecular flexibility index (Phi) is 4.67. The van der Waals surface area contributed by atoms with E-state index in [-0.39, 0.29) is 30.3 Å². The highest BCUT2D eigenvalue weighted by molar-refractivity contribution is 7.00. The van der Waals surface area contributed by atoms with Gasteiger partial charge >= 0.3 is 5.97 Å². The summed E-state index contributed by atoms with van der Waals surface area (Å²) in [6.45, 7) is -0.341. The van der Waals surface area contributed by atoms with E-state index in [1.54, 1.807) is 12.1 Å². The number of anilines is 1. The van der Waals surface area contributed by atoms with Gasteiger partial charge in [0.2, 0.25) is 0 Å². The van der Waals surface area contributed by atoms with Crippen molar-refractivity contribution in [3.8, 4) is 0 Å². The molecule has 7 nitrogen and oxygen atoms in total. The van der Waals surface area contributed by atoms with Gasteiger partial charge < -0.3 is 10.1 Å². The number of nitrogens with zero attached hydrogens (tertiary/aromatic N) is 2. The summed E-state index contributed by atoms with van der Waals surface area (Å²) < 4.78 is 13.5. The monoisotopic (exact) mass is 373 g/mol. The summed E-state index contributed by atoms with van der Waals surface area (Å²) in [6.07, 6.45) is 3.90. The lowest BCUT2D eigenvalue weighted by molar-refractivity contribution is -0.155. The first-order valence-corrected chi connectivity index (χ1v) is 9.56. The third-order valence-electron chi connectivity index (χ3n) is 5.29. The lowest BCUT2D eigenvalue weighted by atomic mass is 9.67. The van der Waals surface area contributed by atoms with Crippen LogP contribution in [-0.2, 0) is 19.1 Å². The second kappa shape index (κ2) is 7.11. The average Bonchev–Trinajstić information content (AvgIpc) is 3.09. The lowest BCUT2D eigenvalue weighted by Crippen LogP contribution is -2.40. The standard InChI is InChI=1S/C18H19N3O4S/c22-15(19-13-5-2-6-14-16(13)21-26-20-14)9-25-18(24)12-7-10-3-1-4-11(8-12)17(10)23/h2,5-6,10-12H,1,3-4,7-9H2,(H,19,22). The molecule has 2 saturated carbocycles. The SMILES string of the molecule is O=C(COC(=O)C1CC2CCCC(C1)C2=O)Nc1cccc2nsnc12. The molecule has 1 aromatic carbocycles. The van der Waals surface area contributed by atoms with Crippen molar-refractivity contribution in [1.82, 2.24) is 8.75 Å². The van der Waals surface area contributed by atoms with Crippen molar-refractivity contribution in [3.63, 3.8) is 0 Å². The lowest BCUT2D eigenvalue weighted by Gasteiger charge is -2.36. The quantitative estimate of drug-likeness (QED) is 0.827. The number of carbonyl (C=O) groups is 3. The molecule has 0 spiro atoms. The molecule has 2 atom stereocenters. The number of amides is 1. The van der Waals surface area contributed by atoms with Gasteiger partial charge in [-0.3, -0.25) is 14.4 Å². The first kappa shape index (κ1) is 17.1. The number of ketones is 1. The Morgan fingerprint density at radius 3 is 2.73 bits per heavy atom. The maximum atomic E-state index is 12.3. The maximum Gasteiger partial charge on any atom is 0.309 e. The number of ether oxygens (including phenoxy) is 1. The normalized spacial score (nSPS) is 25.1. The molecular formula is C18H19N3O4S. The number of nitrogens with one attached hydrogen (secondary N) is 1. The molecule has 8 heteroatoms. The van der Waals surface area contributed by atoms with Crippen LogP contribution < -0.4 is 5.32 Å². The van der Waals surface area contributed by atoms with Gasteiger partial charge in [0.25, 0.3) is 5.91 Å². The van der Waals surface area contributed by atoms with E-state index in [1.165, 1.54) is 0 Å². The molecule has 1 aromatic heterocycles.